The number of aromatic nitrogens is 1. The lowest BCUT2D eigenvalue weighted by Crippen LogP contribution is -2.34. The molecular weight excluding hydrogens is 188 g/mol. The lowest BCUT2D eigenvalue weighted by Gasteiger charge is -2.18. The first-order chi connectivity index (χ1) is 7.36. The minimum atomic E-state index is 0.174. The second-order valence-electron chi connectivity index (χ2n) is 4.21. The van der Waals surface area contributed by atoms with Gasteiger partial charge in [-0.1, -0.05) is 12.8 Å². The van der Waals surface area contributed by atoms with E-state index >= 15 is 0 Å². The highest BCUT2D eigenvalue weighted by Gasteiger charge is 2.22. The Labute approximate surface area is 90.7 Å². The molecule has 0 radical (unpaired) electrons. The highest BCUT2D eigenvalue weighted by Crippen LogP contribution is 2.27. The van der Waals surface area contributed by atoms with Gasteiger partial charge < -0.3 is 10.5 Å². The third kappa shape index (κ3) is 2.93. The second-order valence-corrected chi connectivity index (χ2v) is 4.21. The van der Waals surface area contributed by atoms with Crippen molar-refractivity contribution in [3.05, 3.63) is 24.5 Å². The summed E-state index contributed by atoms with van der Waals surface area (Å²) < 4.78 is 5.59. The summed E-state index contributed by atoms with van der Waals surface area (Å²) in [5.41, 5.74) is 6.08. The molecule has 0 aromatic carbocycles. The Morgan fingerprint density at radius 2 is 2.27 bits per heavy atom. The maximum absolute atomic E-state index is 6.08. The van der Waals surface area contributed by atoms with Crippen molar-refractivity contribution >= 4 is 0 Å². The van der Waals surface area contributed by atoms with Crippen LogP contribution in [-0.2, 0) is 0 Å². The predicted octanol–water partition coefficient (Wildman–Crippen LogP) is 1.98. The fraction of sp³-hybridized carbons (Fsp3) is 0.583. The van der Waals surface area contributed by atoms with Gasteiger partial charge >= 0.3 is 0 Å². The Morgan fingerprint density at radius 1 is 1.47 bits per heavy atom. The number of pyridine rings is 1. The van der Waals surface area contributed by atoms with E-state index in [1.54, 1.807) is 12.4 Å². The summed E-state index contributed by atoms with van der Waals surface area (Å²) in [6, 6.07) is 3.96. The zero-order valence-corrected chi connectivity index (χ0v) is 8.93. The Balaban J connectivity index is 1.77. The first-order valence-electron chi connectivity index (χ1n) is 5.64. The SMILES string of the molecule is NC(COc1cccnc1)C1CCCC1. The van der Waals surface area contributed by atoms with Crippen LogP contribution in [0.1, 0.15) is 25.7 Å². The summed E-state index contributed by atoms with van der Waals surface area (Å²) in [4.78, 5) is 3.99. The lowest BCUT2D eigenvalue weighted by molar-refractivity contribution is 0.246. The van der Waals surface area contributed by atoms with Crippen molar-refractivity contribution in [1.82, 2.24) is 4.98 Å². The minimum Gasteiger partial charge on any atom is -0.490 e. The largest absolute Gasteiger partial charge is 0.490 e. The Kier molecular flexibility index (Phi) is 3.56. The van der Waals surface area contributed by atoms with Crippen LogP contribution in [0.5, 0.6) is 5.75 Å². The summed E-state index contributed by atoms with van der Waals surface area (Å²) in [6.07, 6.45) is 8.64. The molecule has 1 aliphatic rings. The molecule has 0 bridgehead atoms. The van der Waals surface area contributed by atoms with Crippen LogP contribution in [0, 0.1) is 5.92 Å². The fourth-order valence-corrected chi connectivity index (χ4v) is 2.15. The van der Waals surface area contributed by atoms with Gasteiger partial charge in [-0.2, -0.15) is 0 Å². The van der Waals surface area contributed by atoms with E-state index in [2.05, 4.69) is 4.98 Å². The molecule has 1 aromatic heterocycles. The number of nitrogens with zero attached hydrogens (tertiary/aromatic N) is 1. The molecule has 2 rings (SSSR count). The van der Waals surface area contributed by atoms with Gasteiger partial charge in [-0.3, -0.25) is 4.98 Å². The van der Waals surface area contributed by atoms with E-state index in [1.165, 1.54) is 25.7 Å². The van der Waals surface area contributed by atoms with E-state index in [9.17, 15) is 0 Å². The van der Waals surface area contributed by atoms with E-state index in [-0.39, 0.29) is 6.04 Å². The van der Waals surface area contributed by atoms with Crippen molar-refractivity contribution in [2.75, 3.05) is 6.61 Å². The molecule has 0 spiro atoms. The topological polar surface area (TPSA) is 48.1 Å². The van der Waals surface area contributed by atoms with Crippen LogP contribution in [0.25, 0.3) is 0 Å². The Bertz CT molecular complexity index is 283. The van der Waals surface area contributed by atoms with Gasteiger partial charge in [0.1, 0.15) is 12.4 Å². The maximum Gasteiger partial charge on any atom is 0.137 e. The van der Waals surface area contributed by atoms with Gasteiger partial charge in [-0.05, 0) is 30.9 Å². The van der Waals surface area contributed by atoms with E-state index in [4.69, 9.17) is 10.5 Å². The molecule has 1 unspecified atom stereocenters. The van der Waals surface area contributed by atoms with Crippen molar-refractivity contribution in [1.29, 1.82) is 0 Å². The van der Waals surface area contributed by atoms with Crippen molar-refractivity contribution in [3.8, 4) is 5.75 Å². The van der Waals surface area contributed by atoms with Crippen molar-refractivity contribution in [3.63, 3.8) is 0 Å². The average Bonchev–Trinajstić information content (AvgIpc) is 2.81. The summed E-state index contributed by atoms with van der Waals surface area (Å²) >= 11 is 0. The van der Waals surface area contributed by atoms with Gasteiger partial charge in [0.25, 0.3) is 0 Å². The number of nitrogens with two attached hydrogens (primary N) is 1. The first-order valence-corrected chi connectivity index (χ1v) is 5.64. The van der Waals surface area contributed by atoms with Gasteiger partial charge in [-0.25, -0.2) is 0 Å². The first kappa shape index (κ1) is 10.4. The van der Waals surface area contributed by atoms with Crippen molar-refractivity contribution < 1.29 is 4.74 Å². The monoisotopic (exact) mass is 206 g/mol. The van der Waals surface area contributed by atoms with E-state index in [0.29, 0.717) is 12.5 Å². The van der Waals surface area contributed by atoms with Gasteiger partial charge in [-0.15, -0.1) is 0 Å². The third-order valence-electron chi connectivity index (χ3n) is 3.08. The third-order valence-corrected chi connectivity index (χ3v) is 3.08. The van der Waals surface area contributed by atoms with E-state index < -0.39 is 0 Å². The van der Waals surface area contributed by atoms with Crippen LogP contribution in [-0.4, -0.2) is 17.6 Å². The molecule has 1 aliphatic carbocycles. The Morgan fingerprint density at radius 3 is 2.93 bits per heavy atom. The standard InChI is InChI=1S/C12H18N2O/c13-12(10-4-1-2-5-10)9-15-11-6-3-7-14-8-11/h3,6-8,10,12H,1-2,4-5,9,13H2. The summed E-state index contributed by atoms with van der Waals surface area (Å²) in [7, 11) is 0. The molecule has 1 saturated carbocycles. The van der Waals surface area contributed by atoms with Gasteiger partial charge in [0, 0.05) is 12.2 Å². The van der Waals surface area contributed by atoms with Gasteiger partial charge in [0.15, 0.2) is 0 Å². The van der Waals surface area contributed by atoms with E-state index in [0.717, 1.165) is 5.75 Å². The van der Waals surface area contributed by atoms with Crippen molar-refractivity contribution in [2.45, 2.75) is 31.7 Å². The zero-order valence-electron chi connectivity index (χ0n) is 8.93. The molecule has 3 heteroatoms. The average molecular weight is 206 g/mol. The highest BCUT2D eigenvalue weighted by atomic mass is 16.5. The molecule has 1 aromatic rings. The molecule has 3 nitrogen and oxygen atoms in total. The smallest absolute Gasteiger partial charge is 0.137 e. The fourth-order valence-electron chi connectivity index (χ4n) is 2.15. The molecule has 1 atom stereocenters. The molecule has 0 amide bonds. The molecule has 0 saturated heterocycles. The summed E-state index contributed by atoms with van der Waals surface area (Å²) in [5, 5.41) is 0. The molecule has 1 fully saturated rings. The van der Waals surface area contributed by atoms with Gasteiger partial charge in [0.2, 0.25) is 0 Å². The van der Waals surface area contributed by atoms with Crippen LogP contribution in [0.4, 0.5) is 0 Å². The predicted molar refractivity (Wildman–Crippen MR) is 59.7 cm³/mol. The van der Waals surface area contributed by atoms with Crippen LogP contribution in [0.2, 0.25) is 0 Å². The summed E-state index contributed by atoms with van der Waals surface area (Å²) in [6.45, 7) is 0.608. The molecule has 0 aliphatic heterocycles. The molecule has 15 heavy (non-hydrogen) atoms. The van der Waals surface area contributed by atoms with Crippen LogP contribution < -0.4 is 10.5 Å². The highest BCUT2D eigenvalue weighted by molar-refractivity contribution is 5.15. The normalized spacial score (nSPS) is 19.0. The quantitative estimate of drug-likeness (QED) is 0.819. The van der Waals surface area contributed by atoms with Crippen LogP contribution >= 0.6 is 0 Å². The molecular formula is C12H18N2O. The second kappa shape index (κ2) is 5.12. The number of hydrogen-bond acceptors (Lipinski definition) is 3. The zero-order chi connectivity index (χ0) is 10.5. The van der Waals surface area contributed by atoms with Gasteiger partial charge in [0.05, 0.1) is 6.20 Å². The molecule has 82 valence electrons. The van der Waals surface area contributed by atoms with Crippen LogP contribution in [0.3, 0.4) is 0 Å². The minimum absolute atomic E-state index is 0.174. The Hall–Kier alpha value is -1.09. The van der Waals surface area contributed by atoms with Crippen LogP contribution in [0.15, 0.2) is 24.5 Å². The molecule has 1 heterocycles. The maximum atomic E-state index is 6.08. The number of hydrogen-bond donors (Lipinski definition) is 1. The number of rotatable bonds is 4. The number of ether oxygens (including phenoxy) is 1. The lowest BCUT2D eigenvalue weighted by atomic mass is 10.00. The molecule has 2 N–H and O–H groups in total. The summed E-state index contributed by atoms with van der Waals surface area (Å²) in [5.74, 6) is 1.47. The van der Waals surface area contributed by atoms with Crippen molar-refractivity contribution in [2.24, 2.45) is 11.7 Å². The van der Waals surface area contributed by atoms with E-state index in [1.807, 2.05) is 12.1 Å².